The zero-order valence-electron chi connectivity index (χ0n) is 40.6. The van der Waals surface area contributed by atoms with Crippen molar-refractivity contribution < 1.29 is 32.9 Å². The van der Waals surface area contributed by atoms with E-state index in [1.54, 1.807) is 6.08 Å². The molecule has 0 radical (unpaired) electrons. The van der Waals surface area contributed by atoms with Crippen LogP contribution in [0.3, 0.4) is 0 Å². The van der Waals surface area contributed by atoms with Crippen LogP contribution < -0.4 is 10.2 Å². The molecule has 61 heavy (non-hydrogen) atoms. The van der Waals surface area contributed by atoms with Crippen LogP contribution in [0.4, 0.5) is 0 Å². The molecule has 3 atom stereocenters. The number of carbonyl (C=O) groups is 1. The molecule has 0 aliphatic heterocycles. The van der Waals surface area contributed by atoms with E-state index in [-0.39, 0.29) is 12.5 Å². The minimum absolute atomic E-state index is 0.0114. The summed E-state index contributed by atoms with van der Waals surface area (Å²) in [6.45, 7) is 4.60. The number of unbranched alkanes of at least 4 members (excludes halogenated alkanes) is 27. The number of phosphoric ester groups is 1. The van der Waals surface area contributed by atoms with Gasteiger partial charge in [0.2, 0.25) is 5.91 Å². The molecule has 0 heterocycles. The Kier molecular flexibility index (Phi) is 42.6. The van der Waals surface area contributed by atoms with Crippen LogP contribution in [-0.2, 0) is 18.4 Å². The predicted molar refractivity (Wildman–Crippen MR) is 261 cm³/mol. The number of aliphatic hydroxyl groups is 1. The number of rotatable bonds is 46. The van der Waals surface area contributed by atoms with Crippen LogP contribution in [0.1, 0.15) is 226 Å². The highest BCUT2D eigenvalue weighted by Crippen LogP contribution is 2.38. The van der Waals surface area contributed by atoms with Crippen molar-refractivity contribution in [1.82, 2.24) is 5.32 Å². The number of aliphatic hydroxyl groups excluding tert-OH is 1. The molecule has 8 nitrogen and oxygen atoms in total. The number of hydrogen-bond donors (Lipinski definition) is 2. The molecule has 1 amide bonds. The van der Waals surface area contributed by atoms with Crippen molar-refractivity contribution in [3.8, 4) is 0 Å². The largest absolute Gasteiger partial charge is 0.756 e. The second-order valence-corrected chi connectivity index (χ2v) is 19.9. The lowest BCUT2D eigenvalue weighted by Crippen LogP contribution is -2.45. The lowest BCUT2D eigenvalue weighted by atomic mass is 10.0. The Morgan fingerprint density at radius 3 is 1.34 bits per heavy atom. The maximum Gasteiger partial charge on any atom is 0.268 e. The van der Waals surface area contributed by atoms with Gasteiger partial charge in [0.15, 0.2) is 0 Å². The molecule has 0 aliphatic carbocycles. The Morgan fingerprint density at radius 2 is 0.918 bits per heavy atom. The highest BCUT2D eigenvalue weighted by molar-refractivity contribution is 7.45. The normalized spacial score (nSPS) is 14.5. The first-order valence-corrected chi connectivity index (χ1v) is 27.0. The maximum absolute atomic E-state index is 12.9. The summed E-state index contributed by atoms with van der Waals surface area (Å²) in [5, 5.41) is 13.8. The predicted octanol–water partition coefficient (Wildman–Crippen LogP) is 14.2. The summed E-state index contributed by atoms with van der Waals surface area (Å²) < 4.78 is 23.2. The van der Waals surface area contributed by atoms with Crippen molar-refractivity contribution >= 4 is 13.7 Å². The van der Waals surface area contributed by atoms with Crippen molar-refractivity contribution in [2.24, 2.45) is 0 Å². The van der Waals surface area contributed by atoms with Gasteiger partial charge in [-0.05, 0) is 70.6 Å². The third kappa shape index (κ3) is 46.3. The quantitative estimate of drug-likeness (QED) is 0.0273. The van der Waals surface area contributed by atoms with E-state index in [9.17, 15) is 19.4 Å². The third-order valence-electron chi connectivity index (χ3n) is 11.2. The lowest BCUT2D eigenvalue weighted by molar-refractivity contribution is -0.870. The highest BCUT2D eigenvalue weighted by Gasteiger charge is 2.23. The van der Waals surface area contributed by atoms with Crippen LogP contribution in [0.2, 0.25) is 0 Å². The van der Waals surface area contributed by atoms with Gasteiger partial charge in [-0.15, -0.1) is 0 Å². The Balaban J connectivity index is 4.33. The van der Waals surface area contributed by atoms with E-state index >= 15 is 0 Å². The van der Waals surface area contributed by atoms with Crippen LogP contribution in [0.5, 0.6) is 0 Å². The first-order valence-electron chi connectivity index (χ1n) is 25.5. The molecule has 0 saturated heterocycles. The number of phosphoric acid groups is 1. The summed E-state index contributed by atoms with van der Waals surface area (Å²) in [7, 11) is 1.23. The van der Waals surface area contributed by atoms with Gasteiger partial charge in [-0.3, -0.25) is 9.36 Å². The zero-order chi connectivity index (χ0) is 45.0. The maximum atomic E-state index is 12.9. The fourth-order valence-corrected chi connectivity index (χ4v) is 7.90. The van der Waals surface area contributed by atoms with Crippen LogP contribution in [-0.4, -0.2) is 68.5 Å². The smallest absolute Gasteiger partial charge is 0.268 e. The highest BCUT2D eigenvalue weighted by atomic mass is 31.2. The van der Waals surface area contributed by atoms with Gasteiger partial charge in [0.1, 0.15) is 13.2 Å². The number of nitrogens with zero attached hydrogens (tertiary/aromatic N) is 1. The summed E-state index contributed by atoms with van der Waals surface area (Å²) in [5.74, 6) is -0.222. The molecule has 0 aromatic carbocycles. The van der Waals surface area contributed by atoms with Gasteiger partial charge >= 0.3 is 0 Å². The molecule has 2 N–H and O–H groups in total. The van der Waals surface area contributed by atoms with E-state index in [1.807, 2.05) is 27.2 Å². The second kappa shape index (κ2) is 43.7. The van der Waals surface area contributed by atoms with E-state index < -0.39 is 26.6 Å². The third-order valence-corrected chi connectivity index (χ3v) is 12.2. The second-order valence-electron chi connectivity index (χ2n) is 18.5. The molecule has 0 aromatic rings. The Morgan fingerprint density at radius 1 is 0.557 bits per heavy atom. The molecule has 9 heteroatoms. The fraction of sp³-hybridized carbons (Fsp3) is 0.827. The van der Waals surface area contributed by atoms with E-state index in [4.69, 9.17) is 9.05 Å². The van der Waals surface area contributed by atoms with Gasteiger partial charge in [0.05, 0.1) is 39.9 Å². The van der Waals surface area contributed by atoms with E-state index in [1.165, 1.54) is 141 Å². The van der Waals surface area contributed by atoms with E-state index in [0.717, 1.165) is 64.2 Å². The molecule has 0 spiro atoms. The molecule has 0 saturated carbocycles. The van der Waals surface area contributed by atoms with Crippen LogP contribution >= 0.6 is 7.82 Å². The number of hydrogen-bond acceptors (Lipinski definition) is 6. The number of amides is 1. The van der Waals surface area contributed by atoms with Gasteiger partial charge in [-0.2, -0.15) is 0 Å². The molecule has 0 rings (SSSR count). The van der Waals surface area contributed by atoms with E-state index in [2.05, 4.69) is 55.6 Å². The topological polar surface area (TPSA) is 108 Å². The molecular weight excluding hydrogens is 780 g/mol. The standard InChI is InChI=1S/C52H99N2O6P/c1-6-8-10-12-14-16-18-20-21-22-23-24-25-26-27-28-29-30-31-32-34-35-37-39-41-43-45-51(55)50(49-60-61(57,58)59-48-47-54(3,4)5)53-52(56)46-44-42-40-38-36-33-19-17-15-13-11-9-7-2/h17,19,30-31,35,37,43,45,50-51,55H,6-16,18,20-29,32-34,36,38-42,44,46-49H2,1-5H3,(H-,53,56,57,58)/b19-17-,31-30+,37-35+,45-43+. The molecule has 3 unspecified atom stereocenters. The number of carbonyl (C=O) groups excluding carboxylic acids is 1. The summed E-state index contributed by atoms with van der Waals surface area (Å²) in [5.41, 5.74) is 0. The number of quaternary nitrogens is 1. The number of allylic oxidation sites excluding steroid dienone is 7. The SMILES string of the molecule is CCCCCC/C=C\CCCCCCCC(=O)NC(COP(=O)([O-])OCC[N+](C)(C)C)C(O)/C=C/CC/C=C/CC/C=C/CCCCCCCCCCCCCCCCCC. The molecule has 0 fully saturated rings. The molecule has 0 bridgehead atoms. The van der Waals surface area contributed by atoms with Crippen LogP contribution in [0, 0.1) is 0 Å². The zero-order valence-corrected chi connectivity index (χ0v) is 41.5. The Labute approximate surface area is 378 Å². The van der Waals surface area contributed by atoms with Crippen molar-refractivity contribution in [3.63, 3.8) is 0 Å². The van der Waals surface area contributed by atoms with Crippen molar-refractivity contribution in [3.05, 3.63) is 48.6 Å². The average molecular weight is 879 g/mol. The fourth-order valence-electron chi connectivity index (χ4n) is 7.18. The van der Waals surface area contributed by atoms with Crippen molar-refractivity contribution in [1.29, 1.82) is 0 Å². The molecule has 0 aliphatic rings. The Bertz CT molecular complexity index is 1130. The molecular formula is C52H99N2O6P. The minimum atomic E-state index is -4.60. The molecule has 358 valence electrons. The summed E-state index contributed by atoms with van der Waals surface area (Å²) in [6, 6.07) is -0.914. The number of likely N-dealkylation sites (N-methyl/N-ethyl adjacent to an activating group) is 1. The summed E-state index contributed by atoms with van der Waals surface area (Å²) >= 11 is 0. The van der Waals surface area contributed by atoms with Gasteiger partial charge in [-0.1, -0.05) is 197 Å². The van der Waals surface area contributed by atoms with Crippen molar-refractivity contribution in [2.75, 3.05) is 40.9 Å². The first kappa shape index (κ1) is 59.5. The van der Waals surface area contributed by atoms with Crippen molar-refractivity contribution in [2.45, 2.75) is 238 Å². The monoisotopic (exact) mass is 879 g/mol. The lowest BCUT2D eigenvalue weighted by Gasteiger charge is -2.29. The van der Waals surface area contributed by atoms with Gasteiger partial charge in [-0.25, -0.2) is 0 Å². The van der Waals surface area contributed by atoms with Gasteiger partial charge in [0, 0.05) is 6.42 Å². The average Bonchev–Trinajstić information content (AvgIpc) is 3.21. The number of nitrogens with one attached hydrogen (secondary N) is 1. The van der Waals surface area contributed by atoms with Crippen LogP contribution in [0.25, 0.3) is 0 Å². The molecule has 0 aromatic heterocycles. The van der Waals surface area contributed by atoms with Gasteiger partial charge < -0.3 is 28.8 Å². The minimum Gasteiger partial charge on any atom is -0.756 e. The first-order chi connectivity index (χ1) is 29.5. The van der Waals surface area contributed by atoms with Crippen LogP contribution in [0.15, 0.2) is 48.6 Å². The van der Waals surface area contributed by atoms with E-state index in [0.29, 0.717) is 17.4 Å². The Hall–Kier alpha value is -1.54. The summed E-state index contributed by atoms with van der Waals surface area (Å²) in [6.07, 6.45) is 56.1. The summed E-state index contributed by atoms with van der Waals surface area (Å²) in [4.78, 5) is 25.3. The van der Waals surface area contributed by atoms with Gasteiger partial charge in [0.25, 0.3) is 7.82 Å².